The molecule has 3 rings (SSSR count). The van der Waals surface area contributed by atoms with Gasteiger partial charge < -0.3 is 4.52 Å². The molecule has 23 heavy (non-hydrogen) atoms. The van der Waals surface area contributed by atoms with Crippen molar-refractivity contribution in [2.45, 2.75) is 11.5 Å². The molecule has 0 aliphatic heterocycles. The molecule has 3 aromatic rings. The smallest absolute Gasteiger partial charge is 0.331 e. The van der Waals surface area contributed by atoms with Crippen LogP contribution in [0.3, 0.4) is 0 Å². The number of rotatable bonds is 4. The molecule has 1 unspecified atom stereocenters. The molecule has 119 valence electrons. The Bertz CT molecular complexity index is 830. The molecule has 0 spiro atoms. The minimum atomic E-state index is -3.75. The number of alkyl halides is 3. The van der Waals surface area contributed by atoms with Gasteiger partial charge in [-0.2, -0.15) is 18.9 Å². The van der Waals surface area contributed by atoms with E-state index in [1.54, 1.807) is 25.2 Å². The van der Waals surface area contributed by atoms with E-state index in [0.717, 1.165) is 0 Å². The fourth-order valence-electron chi connectivity index (χ4n) is 1.92. The van der Waals surface area contributed by atoms with E-state index >= 15 is 0 Å². The minimum absolute atomic E-state index is 0.0941. The molecule has 10 heteroatoms. The van der Waals surface area contributed by atoms with Gasteiger partial charge in [-0.25, -0.2) is 10.1 Å². The summed E-state index contributed by atoms with van der Waals surface area (Å²) in [5.74, 6) is -1.00. The van der Waals surface area contributed by atoms with Crippen molar-refractivity contribution in [2.75, 3.05) is 0 Å². The molecule has 2 heterocycles. The van der Waals surface area contributed by atoms with Crippen LogP contribution >= 0.6 is 11.6 Å². The lowest BCUT2D eigenvalue weighted by Crippen LogP contribution is -2.03. The topological polar surface area (TPSA) is 89.5 Å². The summed E-state index contributed by atoms with van der Waals surface area (Å²) in [6, 6.07) is 6.18. The van der Waals surface area contributed by atoms with Crippen LogP contribution in [0.1, 0.15) is 23.4 Å². The lowest BCUT2D eigenvalue weighted by Gasteiger charge is -2.05. The number of aromatic nitrogens is 5. The second-order valence-electron chi connectivity index (χ2n) is 4.70. The summed E-state index contributed by atoms with van der Waals surface area (Å²) in [6.07, 6.45) is 0.0926. The Morgan fingerprint density at radius 3 is 2.78 bits per heavy atom. The van der Waals surface area contributed by atoms with Crippen LogP contribution < -0.4 is 0 Å². The standard InChI is InChI=1S/C13H9ClF2N5O2/c1-21-6-17-11(19-21)9(22)7-3-2-4-8(5-7)10-18-12(23-20-10)13(14,15)16/h2-6,9H,1H3. The third-order valence-corrected chi connectivity index (χ3v) is 3.13. The van der Waals surface area contributed by atoms with Crippen molar-refractivity contribution in [3.8, 4) is 11.4 Å². The van der Waals surface area contributed by atoms with Gasteiger partial charge in [0, 0.05) is 12.6 Å². The fraction of sp³-hybridized carbons (Fsp3) is 0.231. The SMILES string of the molecule is Cn1cnc(C([O])c2cccc(-c3noc(C(F)(F)Cl)n3)c2)n1. The Hall–Kier alpha value is -2.39. The molecule has 0 saturated heterocycles. The number of hydrogen-bond acceptors (Lipinski definition) is 5. The number of halogens is 3. The van der Waals surface area contributed by atoms with Crippen molar-refractivity contribution in [3.05, 3.63) is 47.9 Å². The third-order valence-electron chi connectivity index (χ3n) is 2.97. The minimum Gasteiger partial charge on any atom is -0.331 e. The Morgan fingerprint density at radius 1 is 1.39 bits per heavy atom. The maximum absolute atomic E-state index is 12.9. The molecule has 1 radical (unpaired) electrons. The number of hydrogen-bond donors (Lipinski definition) is 0. The molecule has 0 N–H and O–H groups in total. The molecular weight excluding hydrogens is 332 g/mol. The molecular formula is C13H9ClF2N5O2. The van der Waals surface area contributed by atoms with Gasteiger partial charge in [0.25, 0.3) is 0 Å². The maximum Gasteiger partial charge on any atom is 0.400 e. The van der Waals surface area contributed by atoms with Gasteiger partial charge in [-0.15, -0.1) is 0 Å². The molecule has 0 bridgehead atoms. The van der Waals surface area contributed by atoms with Crippen molar-refractivity contribution >= 4 is 11.6 Å². The van der Waals surface area contributed by atoms with Crippen LogP contribution in [0.25, 0.3) is 11.4 Å². The highest BCUT2D eigenvalue weighted by Crippen LogP contribution is 2.32. The number of benzene rings is 1. The average Bonchev–Trinajstić information content (AvgIpc) is 3.15. The quantitative estimate of drug-likeness (QED) is 0.681. The van der Waals surface area contributed by atoms with Gasteiger partial charge in [-0.3, -0.25) is 4.68 Å². The lowest BCUT2D eigenvalue weighted by atomic mass is 10.1. The van der Waals surface area contributed by atoms with Gasteiger partial charge in [-0.1, -0.05) is 23.4 Å². The van der Waals surface area contributed by atoms with Crippen molar-refractivity contribution in [2.24, 2.45) is 7.05 Å². The molecule has 1 aromatic carbocycles. The van der Waals surface area contributed by atoms with Crippen LogP contribution in [-0.2, 0) is 17.5 Å². The summed E-state index contributed by atoms with van der Waals surface area (Å²) < 4.78 is 31.7. The van der Waals surface area contributed by atoms with E-state index in [0.29, 0.717) is 11.1 Å². The summed E-state index contributed by atoms with van der Waals surface area (Å²) in [4.78, 5) is 7.44. The van der Waals surface area contributed by atoms with Crippen molar-refractivity contribution < 1.29 is 18.4 Å². The van der Waals surface area contributed by atoms with Crippen LogP contribution in [0.4, 0.5) is 8.78 Å². The first-order valence-electron chi connectivity index (χ1n) is 6.37. The molecule has 0 saturated carbocycles. The fourth-order valence-corrected chi connectivity index (χ4v) is 2.00. The normalized spacial score (nSPS) is 13.3. The summed E-state index contributed by atoms with van der Waals surface area (Å²) >= 11 is 4.82. The van der Waals surface area contributed by atoms with Crippen LogP contribution in [0, 0.1) is 0 Å². The maximum atomic E-state index is 12.9. The van der Waals surface area contributed by atoms with E-state index in [1.165, 1.54) is 17.1 Å². The van der Waals surface area contributed by atoms with E-state index < -0.39 is 17.4 Å². The highest BCUT2D eigenvalue weighted by molar-refractivity contribution is 6.21. The second-order valence-corrected chi connectivity index (χ2v) is 5.18. The summed E-state index contributed by atoms with van der Waals surface area (Å²) in [5.41, 5.74) is 0.688. The van der Waals surface area contributed by atoms with Crippen LogP contribution in [0.5, 0.6) is 0 Å². The van der Waals surface area contributed by atoms with Gasteiger partial charge in [-0.05, 0) is 23.2 Å². The van der Waals surface area contributed by atoms with Crippen molar-refractivity contribution in [3.63, 3.8) is 0 Å². The third kappa shape index (κ3) is 3.20. The predicted molar refractivity (Wildman–Crippen MR) is 73.0 cm³/mol. The second kappa shape index (κ2) is 5.67. The summed E-state index contributed by atoms with van der Waals surface area (Å²) in [5, 5.41) is 16.0. The van der Waals surface area contributed by atoms with Gasteiger partial charge in [0.15, 0.2) is 11.9 Å². The van der Waals surface area contributed by atoms with Crippen molar-refractivity contribution in [1.29, 1.82) is 0 Å². The van der Waals surface area contributed by atoms with Gasteiger partial charge in [0.1, 0.15) is 6.33 Å². The van der Waals surface area contributed by atoms with Gasteiger partial charge >= 0.3 is 11.3 Å². The van der Waals surface area contributed by atoms with Gasteiger partial charge in [0.05, 0.1) is 0 Å². The Balaban J connectivity index is 1.92. The zero-order chi connectivity index (χ0) is 16.6. The zero-order valence-electron chi connectivity index (χ0n) is 11.7. The lowest BCUT2D eigenvalue weighted by molar-refractivity contribution is 0.0551. The van der Waals surface area contributed by atoms with E-state index in [9.17, 15) is 13.9 Å². The molecule has 7 nitrogen and oxygen atoms in total. The predicted octanol–water partition coefficient (Wildman–Crippen LogP) is 2.67. The monoisotopic (exact) mass is 340 g/mol. The Morgan fingerprint density at radius 2 is 2.17 bits per heavy atom. The summed E-state index contributed by atoms with van der Waals surface area (Å²) in [6.45, 7) is 0. The molecule has 0 fully saturated rings. The van der Waals surface area contributed by atoms with Crippen LogP contribution in [-0.4, -0.2) is 24.9 Å². The average molecular weight is 341 g/mol. The van der Waals surface area contributed by atoms with Crippen LogP contribution in [0.15, 0.2) is 35.1 Å². The molecule has 1 atom stereocenters. The molecule has 0 aliphatic carbocycles. The molecule has 0 aliphatic rings. The highest BCUT2D eigenvalue weighted by atomic mass is 35.5. The van der Waals surface area contributed by atoms with Crippen molar-refractivity contribution in [1.82, 2.24) is 24.9 Å². The van der Waals surface area contributed by atoms with E-state index in [2.05, 4.69) is 24.7 Å². The number of aryl methyl sites for hydroxylation is 1. The highest BCUT2D eigenvalue weighted by Gasteiger charge is 2.35. The number of nitrogens with zero attached hydrogens (tertiary/aromatic N) is 5. The summed E-state index contributed by atoms with van der Waals surface area (Å²) in [7, 11) is 1.65. The van der Waals surface area contributed by atoms with E-state index in [-0.39, 0.29) is 11.6 Å². The van der Waals surface area contributed by atoms with E-state index in [1.807, 2.05) is 0 Å². The largest absolute Gasteiger partial charge is 0.400 e. The van der Waals surface area contributed by atoms with Crippen LogP contribution in [0.2, 0.25) is 0 Å². The first-order chi connectivity index (χ1) is 10.8. The zero-order valence-corrected chi connectivity index (χ0v) is 12.4. The first-order valence-corrected chi connectivity index (χ1v) is 6.75. The van der Waals surface area contributed by atoms with Gasteiger partial charge in [0.2, 0.25) is 5.82 Å². The molecule has 2 aromatic heterocycles. The van der Waals surface area contributed by atoms with E-state index in [4.69, 9.17) is 11.6 Å². The Kier molecular flexibility index (Phi) is 3.82. The Labute approximate surface area is 133 Å². The molecule has 0 amide bonds. The first kappa shape index (κ1) is 15.5.